The Hall–Kier alpha value is -4.32. The highest BCUT2D eigenvalue weighted by Crippen LogP contribution is 2.40. The van der Waals surface area contributed by atoms with Gasteiger partial charge in [-0.05, 0) is 54.2 Å². The smallest absolute Gasteiger partial charge is 0.273 e. The van der Waals surface area contributed by atoms with Crippen molar-refractivity contribution < 1.29 is 23.9 Å². The van der Waals surface area contributed by atoms with Gasteiger partial charge in [-0.1, -0.05) is 31.4 Å². The van der Waals surface area contributed by atoms with Crippen molar-refractivity contribution in [3.05, 3.63) is 58.6 Å². The maximum atomic E-state index is 14.3. The van der Waals surface area contributed by atoms with Crippen molar-refractivity contribution in [2.75, 3.05) is 36.4 Å². The molecule has 11 nitrogen and oxygen atoms in total. The molecule has 0 spiro atoms. The Kier molecular flexibility index (Phi) is 7.78. The van der Waals surface area contributed by atoms with E-state index >= 15 is 0 Å². The summed E-state index contributed by atoms with van der Waals surface area (Å²) in [6, 6.07) is 11.4. The molecule has 5 N–H and O–H groups in total. The van der Waals surface area contributed by atoms with E-state index in [-0.39, 0.29) is 35.0 Å². The number of aromatic nitrogens is 1. The quantitative estimate of drug-likeness (QED) is 0.376. The molecule has 1 saturated carbocycles. The summed E-state index contributed by atoms with van der Waals surface area (Å²) in [5, 5.41) is 3.18. The van der Waals surface area contributed by atoms with E-state index in [4.69, 9.17) is 20.9 Å². The Morgan fingerprint density at radius 1 is 1.00 bits per heavy atom. The van der Waals surface area contributed by atoms with Crippen LogP contribution in [0.3, 0.4) is 0 Å². The SMILES string of the molecule is CN(C)c1ccc([C@@H](C(=O)NC2CCCCC2)N(C(=O)c2snc(C(N)=O)c2N)c2ccc3c(c2)OCO3)cc1. The highest BCUT2D eigenvalue weighted by atomic mass is 32.1. The molecular formula is C28H32N6O5S. The van der Waals surface area contributed by atoms with Gasteiger partial charge in [0.05, 0.1) is 5.69 Å². The Labute approximate surface area is 236 Å². The number of nitrogens with one attached hydrogen (secondary N) is 1. The first kappa shape index (κ1) is 27.3. The van der Waals surface area contributed by atoms with Crippen LogP contribution in [0, 0.1) is 0 Å². The van der Waals surface area contributed by atoms with Gasteiger partial charge < -0.3 is 31.2 Å². The molecule has 3 amide bonds. The summed E-state index contributed by atoms with van der Waals surface area (Å²) < 4.78 is 15.1. The summed E-state index contributed by atoms with van der Waals surface area (Å²) in [6.07, 6.45) is 4.95. The Balaban J connectivity index is 1.63. The summed E-state index contributed by atoms with van der Waals surface area (Å²) in [7, 11) is 3.85. The van der Waals surface area contributed by atoms with Gasteiger partial charge in [0.1, 0.15) is 10.9 Å². The van der Waals surface area contributed by atoms with Gasteiger partial charge in [-0.3, -0.25) is 19.3 Å². The van der Waals surface area contributed by atoms with E-state index in [9.17, 15) is 14.4 Å². The molecule has 1 atom stereocenters. The summed E-state index contributed by atoms with van der Waals surface area (Å²) in [4.78, 5) is 43.6. The van der Waals surface area contributed by atoms with Crippen LogP contribution in [-0.4, -0.2) is 49.0 Å². The maximum absolute atomic E-state index is 14.3. The molecule has 3 aromatic rings. The zero-order valence-corrected chi connectivity index (χ0v) is 23.2. The van der Waals surface area contributed by atoms with Crippen molar-refractivity contribution in [1.29, 1.82) is 0 Å². The molecule has 0 saturated heterocycles. The molecule has 0 bridgehead atoms. The van der Waals surface area contributed by atoms with Gasteiger partial charge in [0.2, 0.25) is 12.7 Å². The monoisotopic (exact) mass is 564 g/mol. The molecular weight excluding hydrogens is 532 g/mol. The fourth-order valence-corrected chi connectivity index (χ4v) is 5.80. The average Bonchev–Trinajstić information content (AvgIpc) is 3.58. The van der Waals surface area contributed by atoms with Crippen molar-refractivity contribution in [3.8, 4) is 11.5 Å². The first-order chi connectivity index (χ1) is 19.2. The highest BCUT2D eigenvalue weighted by Gasteiger charge is 2.37. The summed E-state index contributed by atoms with van der Waals surface area (Å²) in [5.74, 6) is -0.785. The van der Waals surface area contributed by atoms with Crippen LogP contribution in [0.5, 0.6) is 11.5 Å². The second-order valence-corrected chi connectivity index (χ2v) is 10.9. The molecule has 1 aliphatic heterocycles. The number of nitrogen functional groups attached to an aromatic ring is 1. The van der Waals surface area contributed by atoms with E-state index in [2.05, 4.69) is 9.69 Å². The molecule has 12 heteroatoms. The molecule has 40 heavy (non-hydrogen) atoms. The van der Waals surface area contributed by atoms with Gasteiger partial charge in [-0.25, -0.2) is 0 Å². The van der Waals surface area contributed by atoms with E-state index in [1.807, 2.05) is 43.3 Å². The van der Waals surface area contributed by atoms with E-state index in [0.717, 1.165) is 49.3 Å². The second-order valence-electron chi connectivity index (χ2n) is 10.1. The lowest BCUT2D eigenvalue weighted by atomic mass is 9.94. The standard InChI is InChI=1S/C28H32N6O5S/c1-33(2)18-10-8-16(9-11-18)24(27(36)31-17-6-4-3-5-7-17)34(19-12-13-20-21(14-19)39-15-38-20)28(37)25-22(29)23(26(30)35)32-40-25/h8-14,17,24H,3-7,15,29H2,1-2H3,(H2,30,35)(H,31,36)/t24-/m0/s1. The number of benzene rings is 2. The third kappa shape index (κ3) is 5.39. The lowest BCUT2D eigenvalue weighted by Crippen LogP contribution is -2.47. The molecule has 2 aliphatic rings. The van der Waals surface area contributed by atoms with Crippen LogP contribution in [-0.2, 0) is 4.79 Å². The minimum absolute atomic E-state index is 0.00634. The Morgan fingerprint density at radius 2 is 1.68 bits per heavy atom. The van der Waals surface area contributed by atoms with Crippen LogP contribution >= 0.6 is 11.5 Å². The van der Waals surface area contributed by atoms with Gasteiger partial charge in [-0.2, -0.15) is 4.37 Å². The number of nitrogens with two attached hydrogens (primary N) is 2. The van der Waals surface area contributed by atoms with Gasteiger partial charge in [-0.15, -0.1) is 0 Å². The number of anilines is 3. The van der Waals surface area contributed by atoms with Crippen molar-refractivity contribution in [3.63, 3.8) is 0 Å². The molecule has 5 rings (SSSR count). The molecule has 0 unspecified atom stereocenters. The number of amides is 3. The fraction of sp³-hybridized carbons (Fsp3) is 0.357. The number of carbonyl (C=O) groups excluding carboxylic acids is 3. The van der Waals surface area contributed by atoms with E-state index in [1.165, 1.54) is 4.90 Å². The molecule has 2 heterocycles. The molecule has 0 radical (unpaired) electrons. The topological polar surface area (TPSA) is 153 Å². The molecule has 2 aromatic carbocycles. The van der Waals surface area contributed by atoms with Crippen molar-refractivity contribution in [2.45, 2.75) is 44.2 Å². The number of fused-ring (bicyclic) bond motifs is 1. The number of rotatable bonds is 8. The van der Waals surface area contributed by atoms with Crippen LogP contribution in [0.25, 0.3) is 0 Å². The van der Waals surface area contributed by atoms with Crippen LogP contribution in [0.4, 0.5) is 17.1 Å². The van der Waals surface area contributed by atoms with Crippen LogP contribution < -0.4 is 36.1 Å². The van der Waals surface area contributed by atoms with Crippen LogP contribution in [0.1, 0.15) is 63.9 Å². The zero-order valence-electron chi connectivity index (χ0n) is 22.4. The van der Waals surface area contributed by atoms with Gasteiger partial charge >= 0.3 is 0 Å². The molecule has 1 aromatic heterocycles. The number of hydrogen-bond acceptors (Lipinski definition) is 9. The highest BCUT2D eigenvalue weighted by molar-refractivity contribution is 7.09. The zero-order chi connectivity index (χ0) is 28.4. The molecule has 1 fully saturated rings. The van der Waals surface area contributed by atoms with Crippen LogP contribution in [0.2, 0.25) is 0 Å². The van der Waals surface area contributed by atoms with Crippen molar-refractivity contribution in [1.82, 2.24) is 9.69 Å². The largest absolute Gasteiger partial charge is 0.454 e. The second kappa shape index (κ2) is 11.4. The van der Waals surface area contributed by atoms with Crippen molar-refractivity contribution in [2.24, 2.45) is 5.73 Å². The number of ether oxygens (including phenoxy) is 2. The van der Waals surface area contributed by atoms with E-state index in [1.54, 1.807) is 18.2 Å². The normalized spacial score (nSPS) is 15.3. The first-order valence-corrected chi connectivity index (χ1v) is 13.9. The minimum Gasteiger partial charge on any atom is -0.454 e. The lowest BCUT2D eigenvalue weighted by molar-refractivity contribution is -0.123. The number of hydrogen-bond donors (Lipinski definition) is 3. The maximum Gasteiger partial charge on any atom is 0.273 e. The van der Waals surface area contributed by atoms with E-state index in [0.29, 0.717) is 22.7 Å². The predicted molar refractivity (Wildman–Crippen MR) is 153 cm³/mol. The Bertz CT molecular complexity index is 1420. The van der Waals surface area contributed by atoms with Gasteiger partial charge in [0, 0.05) is 37.6 Å². The van der Waals surface area contributed by atoms with E-state index < -0.39 is 17.9 Å². The number of nitrogens with zero attached hydrogens (tertiary/aromatic N) is 3. The minimum atomic E-state index is -1.07. The van der Waals surface area contributed by atoms with Gasteiger partial charge in [0.15, 0.2) is 17.2 Å². The summed E-state index contributed by atoms with van der Waals surface area (Å²) in [6.45, 7) is 0.0497. The van der Waals surface area contributed by atoms with Gasteiger partial charge in [0.25, 0.3) is 11.8 Å². The predicted octanol–water partition coefficient (Wildman–Crippen LogP) is 3.46. The van der Waals surface area contributed by atoms with Crippen LogP contribution in [0.15, 0.2) is 42.5 Å². The first-order valence-electron chi connectivity index (χ1n) is 13.1. The Morgan fingerprint density at radius 3 is 2.33 bits per heavy atom. The van der Waals surface area contributed by atoms with Crippen molar-refractivity contribution >= 4 is 46.3 Å². The number of primary amides is 1. The number of carbonyl (C=O) groups is 3. The molecule has 1 aliphatic carbocycles. The fourth-order valence-electron chi connectivity index (χ4n) is 5.06. The summed E-state index contributed by atoms with van der Waals surface area (Å²) in [5.41, 5.74) is 13.2. The lowest BCUT2D eigenvalue weighted by Gasteiger charge is -2.33. The molecule has 210 valence electrons. The third-order valence-electron chi connectivity index (χ3n) is 7.19. The average molecular weight is 565 g/mol. The summed E-state index contributed by atoms with van der Waals surface area (Å²) >= 11 is 0.766. The third-order valence-corrected chi connectivity index (χ3v) is 8.04.